The summed E-state index contributed by atoms with van der Waals surface area (Å²) in [5, 5.41) is 4.69. The lowest BCUT2D eigenvalue weighted by molar-refractivity contribution is -0.135. The average Bonchev–Trinajstić information content (AvgIpc) is 3.16. The van der Waals surface area contributed by atoms with E-state index in [9.17, 15) is 18.4 Å². The third-order valence-corrected chi connectivity index (χ3v) is 5.24. The summed E-state index contributed by atoms with van der Waals surface area (Å²) in [5.41, 5.74) is 0.336. The maximum absolute atomic E-state index is 13.5. The van der Waals surface area contributed by atoms with Crippen LogP contribution in [0.1, 0.15) is 36.7 Å². The Hall–Kier alpha value is -2.29. The topological polar surface area (TPSA) is 73.0 Å². The van der Waals surface area contributed by atoms with Crippen molar-refractivity contribution in [2.45, 2.75) is 44.2 Å². The summed E-state index contributed by atoms with van der Waals surface area (Å²) in [5.74, 6) is -2.77. The molecule has 0 saturated carbocycles. The highest BCUT2D eigenvalue weighted by Crippen LogP contribution is 2.31. The number of carbonyl (C=O) groups excluding carboxylic acids is 1. The molecule has 1 saturated heterocycles. The van der Waals surface area contributed by atoms with Gasteiger partial charge in [-0.1, -0.05) is 17.7 Å². The van der Waals surface area contributed by atoms with Gasteiger partial charge in [0.05, 0.1) is 13.1 Å². The molecule has 144 valence electrons. The van der Waals surface area contributed by atoms with Gasteiger partial charge in [0, 0.05) is 25.6 Å². The van der Waals surface area contributed by atoms with Crippen molar-refractivity contribution in [1.82, 2.24) is 24.2 Å². The molecule has 1 fully saturated rings. The van der Waals surface area contributed by atoms with E-state index in [0.29, 0.717) is 30.2 Å². The monoisotopic (exact) mass is 397 g/mol. The van der Waals surface area contributed by atoms with Crippen molar-refractivity contribution in [3.8, 4) is 0 Å². The molecular formula is C17H18ClF2N5O2. The van der Waals surface area contributed by atoms with Crippen LogP contribution in [0.3, 0.4) is 0 Å². The Morgan fingerprint density at radius 1 is 1.37 bits per heavy atom. The molecular weight excluding hydrogens is 380 g/mol. The molecule has 27 heavy (non-hydrogen) atoms. The van der Waals surface area contributed by atoms with Gasteiger partial charge in [0.2, 0.25) is 5.91 Å². The number of hydrogen-bond donors (Lipinski definition) is 0. The third-order valence-electron chi connectivity index (χ3n) is 5.02. The van der Waals surface area contributed by atoms with E-state index in [0.717, 1.165) is 10.5 Å². The molecule has 0 bridgehead atoms. The van der Waals surface area contributed by atoms with Crippen LogP contribution in [0.4, 0.5) is 8.78 Å². The summed E-state index contributed by atoms with van der Waals surface area (Å²) in [6, 6.07) is 2.60. The quantitative estimate of drug-likeness (QED) is 0.741. The Morgan fingerprint density at radius 2 is 2.19 bits per heavy atom. The lowest BCUT2D eigenvalue weighted by atomic mass is 10.0. The summed E-state index contributed by atoms with van der Waals surface area (Å²) in [4.78, 5) is 30.8. The van der Waals surface area contributed by atoms with Gasteiger partial charge in [0.15, 0.2) is 0 Å². The highest BCUT2D eigenvalue weighted by Gasteiger charge is 2.43. The van der Waals surface area contributed by atoms with Crippen molar-refractivity contribution in [1.29, 1.82) is 0 Å². The standard InChI is InChI=1S/C17H18ClF2N5O2/c18-13-5-4-11(8-21-13)9-24-16(27)25-12(2-1-3-14(25)22-24)15(26)23-7-6-17(19,20)10-23/h4-5,8,12H,1-3,6-7,9-10H2. The molecule has 0 radical (unpaired) electrons. The average molecular weight is 398 g/mol. The normalized spacial score (nSPS) is 21.3. The molecule has 1 unspecified atom stereocenters. The SMILES string of the molecule is O=C(C1CCCc2nn(Cc3ccc(Cl)nc3)c(=O)n21)N1CCC(F)(F)C1. The first kappa shape index (κ1) is 18.1. The fraction of sp³-hybridized carbons (Fsp3) is 0.529. The molecule has 4 heterocycles. The Morgan fingerprint density at radius 3 is 2.85 bits per heavy atom. The Balaban J connectivity index is 1.61. The van der Waals surface area contributed by atoms with Crippen LogP contribution in [0.5, 0.6) is 0 Å². The van der Waals surface area contributed by atoms with Gasteiger partial charge in [-0.25, -0.2) is 23.2 Å². The number of amides is 1. The van der Waals surface area contributed by atoms with E-state index >= 15 is 0 Å². The van der Waals surface area contributed by atoms with E-state index in [4.69, 9.17) is 11.6 Å². The molecule has 2 aliphatic rings. The molecule has 2 aliphatic heterocycles. The maximum atomic E-state index is 13.5. The van der Waals surface area contributed by atoms with Crippen LogP contribution in [0.15, 0.2) is 23.1 Å². The fourth-order valence-corrected chi connectivity index (χ4v) is 3.79. The summed E-state index contributed by atoms with van der Waals surface area (Å²) in [6.45, 7) is -0.375. The third kappa shape index (κ3) is 3.47. The van der Waals surface area contributed by atoms with Crippen molar-refractivity contribution in [3.05, 3.63) is 45.4 Å². The smallest absolute Gasteiger partial charge is 0.335 e. The van der Waals surface area contributed by atoms with Crippen LogP contribution < -0.4 is 5.69 Å². The van der Waals surface area contributed by atoms with Crippen LogP contribution in [-0.4, -0.2) is 49.2 Å². The summed E-state index contributed by atoms with van der Waals surface area (Å²) < 4.78 is 29.6. The Labute approximate surface area is 158 Å². The van der Waals surface area contributed by atoms with E-state index in [2.05, 4.69) is 10.1 Å². The zero-order valence-corrected chi connectivity index (χ0v) is 15.2. The van der Waals surface area contributed by atoms with Crippen molar-refractivity contribution < 1.29 is 13.6 Å². The van der Waals surface area contributed by atoms with E-state index < -0.39 is 30.1 Å². The summed E-state index contributed by atoms with van der Waals surface area (Å²) in [6.07, 6.45) is 2.92. The number of likely N-dealkylation sites (tertiary alicyclic amines) is 1. The van der Waals surface area contributed by atoms with Gasteiger partial charge in [0.25, 0.3) is 5.92 Å². The first-order chi connectivity index (χ1) is 12.8. The number of aryl methyl sites for hydroxylation is 1. The van der Waals surface area contributed by atoms with Crippen molar-refractivity contribution >= 4 is 17.5 Å². The Bertz CT molecular complexity index is 924. The van der Waals surface area contributed by atoms with Crippen LogP contribution in [0.2, 0.25) is 5.15 Å². The highest BCUT2D eigenvalue weighted by molar-refractivity contribution is 6.29. The van der Waals surface area contributed by atoms with Gasteiger partial charge < -0.3 is 4.90 Å². The minimum Gasteiger partial charge on any atom is -0.335 e. The minimum absolute atomic E-state index is 0.0109. The molecule has 10 heteroatoms. The van der Waals surface area contributed by atoms with Crippen LogP contribution in [-0.2, 0) is 17.8 Å². The second kappa shape index (κ2) is 6.70. The predicted molar refractivity (Wildman–Crippen MR) is 93.0 cm³/mol. The van der Waals surface area contributed by atoms with Gasteiger partial charge in [-0.3, -0.25) is 9.36 Å². The van der Waals surface area contributed by atoms with Crippen molar-refractivity contribution in [2.24, 2.45) is 0 Å². The zero-order valence-electron chi connectivity index (χ0n) is 14.4. The number of hydrogen-bond acceptors (Lipinski definition) is 4. The van der Waals surface area contributed by atoms with E-state index in [1.165, 1.54) is 9.25 Å². The van der Waals surface area contributed by atoms with Gasteiger partial charge in [0.1, 0.15) is 17.0 Å². The number of alkyl halides is 2. The largest absolute Gasteiger partial charge is 0.346 e. The van der Waals surface area contributed by atoms with Crippen LogP contribution >= 0.6 is 11.6 Å². The number of aromatic nitrogens is 4. The van der Waals surface area contributed by atoms with E-state index in [1.807, 2.05) is 0 Å². The lowest BCUT2D eigenvalue weighted by Gasteiger charge is -2.27. The molecule has 2 aromatic heterocycles. The predicted octanol–water partition coefficient (Wildman–Crippen LogP) is 1.89. The number of pyridine rings is 1. The van der Waals surface area contributed by atoms with Gasteiger partial charge in [-0.15, -0.1) is 0 Å². The molecule has 2 aromatic rings. The van der Waals surface area contributed by atoms with Crippen molar-refractivity contribution in [3.63, 3.8) is 0 Å². The lowest BCUT2D eigenvalue weighted by Crippen LogP contribution is -2.42. The van der Waals surface area contributed by atoms with Crippen molar-refractivity contribution in [2.75, 3.05) is 13.1 Å². The molecule has 0 aromatic carbocycles. The molecule has 1 atom stereocenters. The number of rotatable bonds is 3. The molecule has 0 aliphatic carbocycles. The van der Waals surface area contributed by atoms with Crippen LogP contribution in [0.25, 0.3) is 0 Å². The van der Waals surface area contributed by atoms with Gasteiger partial charge in [-0.2, -0.15) is 5.10 Å². The second-order valence-corrected chi connectivity index (χ2v) is 7.38. The molecule has 7 nitrogen and oxygen atoms in total. The molecule has 1 amide bonds. The number of fused-ring (bicyclic) bond motifs is 1. The van der Waals surface area contributed by atoms with Gasteiger partial charge in [-0.05, 0) is 24.5 Å². The number of nitrogens with zero attached hydrogens (tertiary/aromatic N) is 5. The molecule has 4 rings (SSSR count). The Kier molecular flexibility index (Phi) is 4.49. The zero-order chi connectivity index (χ0) is 19.2. The van der Waals surface area contributed by atoms with E-state index in [1.54, 1.807) is 18.3 Å². The maximum Gasteiger partial charge on any atom is 0.346 e. The molecule has 0 N–H and O–H groups in total. The summed E-state index contributed by atoms with van der Waals surface area (Å²) in [7, 11) is 0. The number of halogens is 3. The number of carbonyl (C=O) groups is 1. The first-order valence-corrected chi connectivity index (χ1v) is 9.17. The highest BCUT2D eigenvalue weighted by atomic mass is 35.5. The van der Waals surface area contributed by atoms with E-state index in [-0.39, 0.29) is 19.5 Å². The fourth-order valence-electron chi connectivity index (χ4n) is 3.68. The minimum atomic E-state index is -2.86. The first-order valence-electron chi connectivity index (χ1n) is 8.79. The summed E-state index contributed by atoms with van der Waals surface area (Å²) >= 11 is 5.77. The van der Waals surface area contributed by atoms with Crippen LogP contribution in [0, 0.1) is 0 Å². The van der Waals surface area contributed by atoms with Gasteiger partial charge >= 0.3 is 5.69 Å². The second-order valence-electron chi connectivity index (χ2n) is 6.99. The molecule has 0 spiro atoms.